The summed E-state index contributed by atoms with van der Waals surface area (Å²) < 4.78 is 5.84. The van der Waals surface area contributed by atoms with Crippen molar-refractivity contribution in [3.63, 3.8) is 0 Å². The minimum atomic E-state index is -0.867. The van der Waals surface area contributed by atoms with Crippen molar-refractivity contribution in [1.82, 2.24) is 5.32 Å². The van der Waals surface area contributed by atoms with Crippen LogP contribution in [0.25, 0.3) is 11.0 Å². The molecule has 0 fully saturated rings. The first-order valence-corrected chi connectivity index (χ1v) is 7.92. The number of para-hydroxylation sites is 1. The first-order valence-electron chi connectivity index (χ1n) is 7.04. The molecule has 21 heavy (non-hydrogen) atoms. The number of rotatable bonds is 5. The summed E-state index contributed by atoms with van der Waals surface area (Å²) in [5, 5.41) is 17.0. The zero-order valence-corrected chi connectivity index (χ0v) is 13.0. The standard InChI is InChI=1S/C17H19NO2S/c1-12(15-10-13-6-3-4-7-14(13)20-15)18-11-17(2,19)16-8-5-9-21-16/h3-10,12,18-19H,11H2,1-2H3/t12-,17-/m0/s1. The molecule has 0 aliphatic rings. The molecule has 0 unspecified atom stereocenters. The quantitative estimate of drug-likeness (QED) is 0.747. The third kappa shape index (κ3) is 3.02. The summed E-state index contributed by atoms with van der Waals surface area (Å²) in [4.78, 5) is 0.965. The van der Waals surface area contributed by atoms with Crippen LogP contribution in [0.1, 0.15) is 30.5 Å². The monoisotopic (exact) mass is 301 g/mol. The highest BCUT2D eigenvalue weighted by Crippen LogP contribution is 2.27. The lowest BCUT2D eigenvalue weighted by atomic mass is 10.0. The van der Waals surface area contributed by atoms with E-state index in [4.69, 9.17) is 4.42 Å². The van der Waals surface area contributed by atoms with Crippen LogP contribution in [0.5, 0.6) is 0 Å². The Balaban J connectivity index is 1.70. The van der Waals surface area contributed by atoms with Gasteiger partial charge in [0.2, 0.25) is 0 Å². The summed E-state index contributed by atoms with van der Waals surface area (Å²) in [7, 11) is 0. The minimum Gasteiger partial charge on any atom is -0.459 e. The van der Waals surface area contributed by atoms with Crippen LogP contribution in [0.3, 0.4) is 0 Å². The van der Waals surface area contributed by atoms with Crippen molar-refractivity contribution < 1.29 is 9.52 Å². The Labute approximate surface area is 128 Å². The highest BCUT2D eigenvalue weighted by Gasteiger charge is 2.25. The number of aliphatic hydroxyl groups is 1. The van der Waals surface area contributed by atoms with Crippen LogP contribution in [0, 0.1) is 0 Å². The summed E-state index contributed by atoms with van der Waals surface area (Å²) in [5.74, 6) is 0.887. The highest BCUT2D eigenvalue weighted by molar-refractivity contribution is 7.10. The molecule has 3 rings (SSSR count). The van der Waals surface area contributed by atoms with Gasteiger partial charge in [0.15, 0.2) is 0 Å². The van der Waals surface area contributed by atoms with Crippen molar-refractivity contribution >= 4 is 22.3 Å². The number of hydrogen-bond acceptors (Lipinski definition) is 4. The molecule has 4 heteroatoms. The van der Waals surface area contributed by atoms with Gasteiger partial charge in [0, 0.05) is 16.8 Å². The second-order valence-corrected chi connectivity index (χ2v) is 6.49. The van der Waals surface area contributed by atoms with E-state index in [9.17, 15) is 5.11 Å². The lowest BCUT2D eigenvalue weighted by Crippen LogP contribution is -2.35. The zero-order valence-electron chi connectivity index (χ0n) is 12.2. The third-order valence-corrected chi connectivity index (χ3v) is 4.80. The molecule has 0 bridgehead atoms. The van der Waals surface area contributed by atoms with Gasteiger partial charge in [-0.1, -0.05) is 24.3 Å². The molecular formula is C17H19NO2S. The number of thiophene rings is 1. The van der Waals surface area contributed by atoms with E-state index in [1.54, 1.807) is 11.3 Å². The van der Waals surface area contributed by atoms with Crippen LogP contribution in [-0.2, 0) is 5.60 Å². The summed E-state index contributed by atoms with van der Waals surface area (Å²) in [5.41, 5.74) is 0.0280. The lowest BCUT2D eigenvalue weighted by molar-refractivity contribution is 0.0574. The molecule has 0 saturated carbocycles. The SMILES string of the molecule is C[C@H](NC[C@](C)(O)c1cccs1)c1cc2ccccc2o1. The first-order chi connectivity index (χ1) is 10.1. The Kier molecular flexibility index (Phi) is 3.85. The number of benzene rings is 1. The Hall–Kier alpha value is -1.62. The van der Waals surface area contributed by atoms with Gasteiger partial charge in [0.25, 0.3) is 0 Å². The predicted molar refractivity (Wildman–Crippen MR) is 86.5 cm³/mol. The second-order valence-electron chi connectivity index (χ2n) is 5.54. The molecule has 1 aromatic carbocycles. The Morgan fingerprint density at radius 3 is 2.81 bits per heavy atom. The molecular weight excluding hydrogens is 282 g/mol. The van der Waals surface area contributed by atoms with Gasteiger partial charge in [-0.05, 0) is 37.4 Å². The van der Waals surface area contributed by atoms with Crippen LogP contribution in [0.2, 0.25) is 0 Å². The molecule has 110 valence electrons. The summed E-state index contributed by atoms with van der Waals surface area (Å²) in [6, 6.07) is 14.0. The largest absolute Gasteiger partial charge is 0.459 e. The number of hydrogen-bond donors (Lipinski definition) is 2. The van der Waals surface area contributed by atoms with Gasteiger partial charge in [-0.2, -0.15) is 0 Å². The van der Waals surface area contributed by atoms with Crippen LogP contribution in [0.15, 0.2) is 52.3 Å². The van der Waals surface area contributed by atoms with E-state index in [0.29, 0.717) is 6.54 Å². The zero-order chi connectivity index (χ0) is 14.9. The van der Waals surface area contributed by atoms with Gasteiger partial charge in [-0.25, -0.2) is 0 Å². The second kappa shape index (κ2) is 5.64. The van der Waals surface area contributed by atoms with Crippen LogP contribution >= 0.6 is 11.3 Å². The smallest absolute Gasteiger partial charge is 0.134 e. The fourth-order valence-electron chi connectivity index (χ4n) is 2.34. The predicted octanol–water partition coefficient (Wildman–Crippen LogP) is 4.05. The molecule has 0 radical (unpaired) electrons. The summed E-state index contributed by atoms with van der Waals surface area (Å²) in [6.07, 6.45) is 0. The van der Waals surface area contributed by atoms with Crippen molar-refractivity contribution in [2.24, 2.45) is 0 Å². The molecule has 3 nitrogen and oxygen atoms in total. The molecule has 0 aliphatic carbocycles. The van der Waals surface area contributed by atoms with Gasteiger partial charge in [-0.15, -0.1) is 11.3 Å². The molecule has 2 heterocycles. The molecule has 2 N–H and O–H groups in total. The average Bonchev–Trinajstić information content (AvgIpc) is 3.13. The Morgan fingerprint density at radius 1 is 1.29 bits per heavy atom. The van der Waals surface area contributed by atoms with Crippen molar-refractivity contribution in [3.8, 4) is 0 Å². The van der Waals surface area contributed by atoms with Gasteiger partial charge >= 0.3 is 0 Å². The van der Waals surface area contributed by atoms with Gasteiger partial charge in [-0.3, -0.25) is 0 Å². The normalized spacial score (nSPS) is 16.0. The lowest BCUT2D eigenvalue weighted by Gasteiger charge is -2.24. The molecule has 0 aliphatic heterocycles. The van der Waals surface area contributed by atoms with E-state index in [0.717, 1.165) is 21.6 Å². The van der Waals surface area contributed by atoms with Gasteiger partial charge in [0.05, 0.1) is 6.04 Å². The summed E-state index contributed by atoms with van der Waals surface area (Å²) in [6.45, 7) is 4.35. The fourth-order valence-corrected chi connectivity index (χ4v) is 3.13. The first kappa shape index (κ1) is 14.3. The van der Waals surface area contributed by atoms with E-state index >= 15 is 0 Å². The minimum absolute atomic E-state index is 0.0452. The fraction of sp³-hybridized carbons (Fsp3) is 0.294. The average molecular weight is 301 g/mol. The van der Waals surface area contributed by atoms with E-state index in [1.165, 1.54) is 0 Å². The molecule has 3 aromatic rings. The third-order valence-electron chi connectivity index (χ3n) is 3.68. The number of nitrogens with one attached hydrogen (secondary N) is 1. The highest BCUT2D eigenvalue weighted by atomic mass is 32.1. The summed E-state index contributed by atoms with van der Waals surface area (Å²) >= 11 is 1.57. The van der Waals surface area contributed by atoms with Crippen molar-refractivity contribution in [1.29, 1.82) is 0 Å². The Bertz CT molecular complexity index is 682. The van der Waals surface area contributed by atoms with Crippen LogP contribution in [-0.4, -0.2) is 11.7 Å². The van der Waals surface area contributed by atoms with Gasteiger partial charge < -0.3 is 14.8 Å². The van der Waals surface area contributed by atoms with E-state index in [-0.39, 0.29) is 6.04 Å². The number of fused-ring (bicyclic) bond motifs is 1. The van der Waals surface area contributed by atoms with Crippen molar-refractivity contribution in [2.75, 3.05) is 6.54 Å². The van der Waals surface area contributed by atoms with Crippen molar-refractivity contribution in [3.05, 3.63) is 58.5 Å². The van der Waals surface area contributed by atoms with Crippen LogP contribution in [0.4, 0.5) is 0 Å². The molecule has 2 atom stereocenters. The maximum atomic E-state index is 10.5. The molecule has 0 spiro atoms. The van der Waals surface area contributed by atoms with E-state index < -0.39 is 5.60 Å². The Morgan fingerprint density at radius 2 is 2.10 bits per heavy atom. The van der Waals surface area contributed by atoms with E-state index in [2.05, 4.69) is 5.32 Å². The molecule has 2 aromatic heterocycles. The van der Waals surface area contributed by atoms with Crippen molar-refractivity contribution in [2.45, 2.75) is 25.5 Å². The molecule has 0 saturated heterocycles. The maximum absolute atomic E-state index is 10.5. The van der Waals surface area contributed by atoms with Crippen LogP contribution < -0.4 is 5.32 Å². The number of furan rings is 1. The topological polar surface area (TPSA) is 45.4 Å². The molecule has 0 amide bonds. The van der Waals surface area contributed by atoms with Gasteiger partial charge in [0.1, 0.15) is 16.9 Å². The maximum Gasteiger partial charge on any atom is 0.134 e. The van der Waals surface area contributed by atoms with E-state index in [1.807, 2.05) is 61.7 Å².